The van der Waals surface area contributed by atoms with E-state index in [1.807, 2.05) is 21.1 Å². The number of rotatable bonds is 63. The number of hydrogen-bond acceptors (Lipinski definition) is 8. The van der Waals surface area contributed by atoms with Gasteiger partial charge in [0.05, 0.1) is 40.3 Å². The van der Waals surface area contributed by atoms with Crippen LogP contribution in [0.4, 0.5) is 0 Å². The van der Waals surface area contributed by atoms with Crippen LogP contribution in [0.5, 0.6) is 0 Å². The molecule has 0 aliphatic carbocycles. The van der Waals surface area contributed by atoms with Crippen molar-refractivity contribution < 1.29 is 42.9 Å². The monoisotopic (exact) mass is 1140 g/mol. The molecule has 2 unspecified atom stereocenters. The minimum absolute atomic E-state index is 0.147. The van der Waals surface area contributed by atoms with E-state index >= 15 is 0 Å². The standard InChI is InChI=1S/C72H129NO8/c1-6-8-10-12-14-16-18-20-22-24-26-28-30-31-32-33-34-35-36-37-38-39-41-43-45-47-49-51-53-55-57-59-61-63-70(75)81-68(67-80-72(71(76)77)78-65-64-73(3,4)5)66-79-69(74)62-60-58-56-54-52-50-48-46-44-42-40-29-27-25-23-21-19-17-15-13-11-9-7-2/h8,10,14,16,19-22,25-28,68,72H,6-7,9,11-13,15,17-18,23-24,29-67H2,1-5H3/b10-8-,16-14-,21-19-,22-20-,27-25-,28-26-. The van der Waals surface area contributed by atoms with Crippen molar-refractivity contribution in [2.75, 3.05) is 47.5 Å². The third-order valence-electron chi connectivity index (χ3n) is 14.9. The fraction of sp³-hybridized carbons (Fsp3) is 0.792. The Bertz CT molecular complexity index is 1560. The summed E-state index contributed by atoms with van der Waals surface area (Å²) >= 11 is 0. The lowest BCUT2D eigenvalue weighted by molar-refractivity contribution is -0.870. The van der Waals surface area contributed by atoms with Gasteiger partial charge in [-0.3, -0.25) is 9.59 Å². The number of hydrogen-bond donors (Lipinski definition) is 0. The number of ether oxygens (including phenoxy) is 4. The van der Waals surface area contributed by atoms with E-state index in [2.05, 4.69) is 86.8 Å². The maximum Gasteiger partial charge on any atom is 0.306 e. The highest BCUT2D eigenvalue weighted by molar-refractivity contribution is 5.70. The highest BCUT2D eigenvalue weighted by Gasteiger charge is 2.22. The highest BCUT2D eigenvalue weighted by atomic mass is 16.7. The van der Waals surface area contributed by atoms with Gasteiger partial charge in [-0.05, 0) is 83.5 Å². The average Bonchev–Trinajstić information content (AvgIpc) is 3.44. The van der Waals surface area contributed by atoms with E-state index in [1.165, 1.54) is 212 Å². The predicted molar refractivity (Wildman–Crippen MR) is 343 cm³/mol. The predicted octanol–water partition coefficient (Wildman–Crippen LogP) is 19.6. The molecule has 0 fully saturated rings. The first-order valence-corrected chi connectivity index (χ1v) is 34.1. The molecule has 0 aromatic carbocycles. The Hall–Kier alpha value is -3.27. The van der Waals surface area contributed by atoms with Gasteiger partial charge in [0.15, 0.2) is 12.4 Å². The SMILES string of the molecule is CC/C=C\C/C=C\C/C=C\C/C=C\CCCCCCCCCCCCCCCCCCCCCCC(=O)OC(COC(=O)CCCCCCCCCCCCC/C=C\C/C=C\CCCCCCC)COC(OCC[N+](C)(C)C)C(=O)[O-]. The van der Waals surface area contributed by atoms with Crippen molar-refractivity contribution in [3.05, 3.63) is 72.9 Å². The second-order valence-corrected chi connectivity index (χ2v) is 24.1. The molecule has 0 saturated heterocycles. The Balaban J connectivity index is 4.09. The zero-order chi connectivity index (χ0) is 59.1. The van der Waals surface area contributed by atoms with Gasteiger partial charge in [-0.25, -0.2) is 0 Å². The zero-order valence-corrected chi connectivity index (χ0v) is 53.7. The van der Waals surface area contributed by atoms with Gasteiger partial charge >= 0.3 is 11.9 Å². The summed E-state index contributed by atoms with van der Waals surface area (Å²) in [6.07, 6.45) is 79.8. The maximum atomic E-state index is 12.9. The first-order valence-electron chi connectivity index (χ1n) is 34.1. The molecule has 9 nitrogen and oxygen atoms in total. The van der Waals surface area contributed by atoms with Crippen molar-refractivity contribution in [1.29, 1.82) is 0 Å². The van der Waals surface area contributed by atoms with Gasteiger partial charge in [0.2, 0.25) is 0 Å². The summed E-state index contributed by atoms with van der Waals surface area (Å²) in [5.41, 5.74) is 0. The molecule has 0 spiro atoms. The smallest absolute Gasteiger partial charge is 0.306 e. The maximum absolute atomic E-state index is 12.9. The first kappa shape index (κ1) is 77.7. The second-order valence-electron chi connectivity index (χ2n) is 24.1. The summed E-state index contributed by atoms with van der Waals surface area (Å²) in [6, 6.07) is 0. The van der Waals surface area contributed by atoms with Gasteiger partial charge in [-0.2, -0.15) is 0 Å². The number of likely N-dealkylation sites (N-methyl/N-ethyl adjacent to an activating group) is 1. The molecule has 0 aromatic heterocycles. The van der Waals surface area contributed by atoms with Crippen LogP contribution in [0.15, 0.2) is 72.9 Å². The van der Waals surface area contributed by atoms with Crippen molar-refractivity contribution in [2.24, 2.45) is 0 Å². The number of esters is 2. The minimum atomic E-state index is -1.62. The van der Waals surface area contributed by atoms with E-state index in [4.69, 9.17) is 18.9 Å². The Kier molecular flexibility index (Phi) is 60.2. The molecule has 81 heavy (non-hydrogen) atoms. The van der Waals surface area contributed by atoms with Gasteiger partial charge in [-0.1, -0.05) is 286 Å². The molecule has 0 aromatic rings. The van der Waals surface area contributed by atoms with Crippen LogP contribution in [0.25, 0.3) is 0 Å². The number of allylic oxidation sites excluding steroid dienone is 12. The third-order valence-corrected chi connectivity index (χ3v) is 14.9. The van der Waals surface area contributed by atoms with Crippen molar-refractivity contribution in [3.63, 3.8) is 0 Å². The summed E-state index contributed by atoms with van der Waals surface area (Å²) in [6.45, 7) is 4.66. The van der Waals surface area contributed by atoms with E-state index in [0.29, 0.717) is 23.9 Å². The molecule has 470 valence electrons. The summed E-state index contributed by atoms with van der Waals surface area (Å²) in [5, 5.41) is 11.8. The number of unbranched alkanes of at least 4 members (excludes halogenated alkanes) is 36. The minimum Gasteiger partial charge on any atom is -0.545 e. The van der Waals surface area contributed by atoms with Crippen LogP contribution < -0.4 is 5.11 Å². The van der Waals surface area contributed by atoms with Gasteiger partial charge in [0.25, 0.3) is 0 Å². The Morgan fingerprint density at radius 3 is 1.05 bits per heavy atom. The molecule has 0 aliphatic heterocycles. The van der Waals surface area contributed by atoms with Crippen molar-refractivity contribution in [2.45, 2.75) is 322 Å². The molecule has 0 rings (SSSR count). The number of carboxylic acid groups (broad SMARTS) is 1. The molecule has 0 radical (unpaired) electrons. The van der Waals surface area contributed by atoms with Crippen LogP contribution in [-0.4, -0.2) is 82.3 Å². The van der Waals surface area contributed by atoms with Gasteiger partial charge in [0, 0.05) is 12.8 Å². The average molecular weight is 1140 g/mol. The Morgan fingerprint density at radius 2 is 0.704 bits per heavy atom. The lowest BCUT2D eigenvalue weighted by Gasteiger charge is -2.26. The molecule has 0 bridgehead atoms. The Labute approximate surface area is 500 Å². The fourth-order valence-electron chi connectivity index (χ4n) is 9.74. The molecular weight excluding hydrogens is 1010 g/mol. The topological polar surface area (TPSA) is 111 Å². The molecule has 9 heteroatoms. The first-order chi connectivity index (χ1) is 39.6. The summed E-state index contributed by atoms with van der Waals surface area (Å²) in [4.78, 5) is 37.5. The van der Waals surface area contributed by atoms with Crippen LogP contribution in [0.2, 0.25) is 0 Å². The van der Waals surface area contributed by atoms with E-state index in [9.17, 15) is 19.5 Å². The van der Waals surface area contributed by atoms with Crippen molar-refractivity contribution in [1.82, 2.24) is 0 Å². The number of carbonyl (C=O) groups is 3. The van der Waals surface area contributed by atoms with Crippen LogP contribution >= 0.6 is 0 Å². The third kappa shape index (κ3) is 64.1. The Morgan fingerprint density at radius 1 is 0.383 bits per heavy atom. The molecule has 2 atom stereocenters. The summed E-state index contributed by atoms with van der Waals surface area (Å²) in [7, 11) is 5.93. The quantitative estimate of drug-likeness (QED) is 0.0195. The highest BCUT2D eigenvalue weighted by Crippen LogP contribution is 2.18. The van der Waals surface area contributed by atoms with Crippen LogP contribution in [-0.2, 0) is 33.3 Å². The number of carboxylic acids is 1. The number of nitrogens with zero attached hydrogens (tertiary/aromatic N) is 1. The van der Waals surface area contributed by atoms with Crippen LogP contribution in [0.3, 0.4) is 0 Å². The number of aliphatic carboxylic acids is 1. The van der Waals surface area contributed by atoms with Crippen LogP contribution in [0.1, 0.15) is 309 Å². The number of quaternary nitrogens is 1. The van der Waals surface area contributed by atoms with Crippen molar-refractivity contribution in [3.8, 4) is 0 Å². The zero-order valence-electron chi connectivity index (χ0n) is 53.7. The molecule has 0 heterocycles. The van der Waals surface area contributed by atoms with E-state index < -0.39 is 24.3 Å². The van der Waals surface area contributed by atoms with Gasteiger partial charge in [0.1, 0.15) is 13.2 Å². The largest absolute Gasteiger partial charge is 0.545 e. The number of carbonyl (C=O) groups excluding carboxylic acids is 3. The van der Waals surface area contributed by atoms with Gasteiger partial charge in [-0.15, -0.1) is 0 Å². The molecule has 0 N–H and O–H groups in total. The molecular formula is C72H129NO8. The molecule has 0 amide bonds. The molecule has 0 aliphatic rings. The summed E-state index contributed by atoms with van der Waals surface area (Å²) in [5.74, 6) is -2.27. The van der Waals surface area contributed by atoms with E-state index in [0.717, 1.165) is 64.2 Å². The summed E-state index contributed by atoms with van der Waals surface area (Å²) < 4.78 is 22.8. The lowest BCUT2D eigenvalue weighted by Crippen LogP contribution is -2.44. The fourth-order valence-corrected chi connectivity index (χ4v) is 9.74. The van der Waals surface area contributed by atoms with E-state index in [-0.39, 0.29) is 32.2 Å². The normalized spacial score (nSPS) is 13.1. The van der Waals surface area contributed by atoms with Crippen molar-refractivity contribution >= 4 is 17.9 Å². The van der Waals surface area contributed by atoms with Gasteiger partial charge < -0.3 is 33.3 Å². The van der Waals surface area contributed by atoms with E-state index in [1.54, 1.807) is 0 Å². The second kappa shape index (κ2) is 62.8. The van der Waals surface area contributed by atoms with Crippen LogP contribution in [0, 0.1) is 0 Å². The lowest BCUT2D eigenvalue weighted by atomic mass is 10.0. The molecule has 0 saturated carbocycles.